The third kappa shape index (κ3) is 4.00. The van der Waals surface area contributed by atoms with Gasteiger partial charge in [0.2, 0.25) is 10.0 Å². The zero-order valence-electron chi connectivity index (χ0n) is 13.6. The number of nitrogens with zero attached hydrogens (tertiary/aromatic N) is 1. The number of amides is 1. The van der Waals surface area contributed by atoms with Gasteiger partial charge in [0.25, 0.3) is 5.91 Å². The fraction of sp³-hybridized carbons (Fsp3) is 0.500. The van der Waals surface area contributed by atoms with Crippen molar-refractivity contribution >= 4 is 21.9 Å². The van der Waals surface area contributed by atoms with E-state index in [1.165, 1.54) is 28.6 Å². The Morgan fingerprint density at radius 3 is 2.28 bits per heavy atom. The molecule has 1 aromatic rings. The normalized spacial score (nSPS) is 20.0. The SMILES string of the molecule is O=C(NC(C(=O)O)C1CC1)c1ccc(S(=O)(=O)N2CCOCC2)cc1. The topological polar surface area (TPSA) is 113 Å². The molecular formula is C16H20N2O6S. The second kappa shape index (κ2) is 7.11. The molecule has 1 saturated carbocycles. The number of rotatable bonds is 6. The van der Waals surface area contributed by atoms with E-state index in [0.29, 0.717) is 26.3 Å². The number of carboxylic acids is 1. The number of hydrogen-bond acceptors (Lipinski definition) is 5. The third-order valence-electron chi connectivity index (χ3n) is 4.37. The fourth-order valence-electron chi connectivity index (χ4n) is 2.75. The monoisotopic (exact) mass is 368 g/mol. The summed E-state index contributed by atoms with van der Waals surface area (Å²) in [6.45, 7) is 1.31. The number of sulfonamides is 1. The fourth-order valence-corrected chi connectivity index (χ4v) is 4.16. The van der Waals surface area contributed by atoms with Crippen LogP contribution >= 0.6 is 0 Å². The standard InChI is InChI=1S/C16H20N2O6S/c19-15(17-14(16(20)21)11-1-2-11)12-3-5-13(6-4-12)25(22,23)18-7-9-24-10-8-18/h3-6,11,14H,1-2,7-10H2,(H,17,19)(H,20,21). The molecule has 0 radical (unpaired) electrons. The molecule has 25 heavy (non-hydrogen) atoms. The predicted molar refractivity (Wildman–Crippen MR) is 87.6 cm³/mol. The van der Waals surface area contributed by atoms with Crippen molar-refractivity contribution < 1.29 is 27.9 Å². The highest BCUT2D eigenvalue weighted by molar-refractivity contribution is 7.89. The Labute approximate surface area is 145 Å². The molecule has 2 fully saturated rings. The van der Waals surface area contributed by atoms with Crippen LogP contribution in [0.1, 0.15) is 23.2 Å². The first kappa shape index (κ1) is 17.8. The van der Waals surface area contributed by atoms with Gasteiger partial charge in [-0.05, 0) is 43.0 Å². The highest BCUT2D eigenvalue weighted by Crippen LogP contribution is 2.32. The second-order valence-corrected chi connectivity index (χ2v) is 8.11. The van der Waals surface area contributed by atoms with Gasteiger partial charge in [0.05, 0.1) is 18.1 Å². The van der Waals surface area contributed by atoms with E-state index in [4.69, 9.17) is 9.84 Å². The highest BCUT2D eigenvalue weighted by Gasteiger charge is 2.37. The summed E-state index contributed by atoms with van der Waals surface area (Å²) in [5, 5.41) is 11.7. The van der Waals surface area contributed by atoms with E-state index in [1.807, 2.05) is 0 Å². The van der Waals surface area contributed by atoms with Gasteiger partial charge in [0.1, 0.15) is 6.04 Å². The number of carbonyl (C=O) groups excluding carboxylic acids is 1. The molecular weight excluding hydrogens is 348 g/mol. The first-order valence-electron chi connectivity index (χ1n) is 8.11. The van der Waals surface area contributed by atoms with Gasteiger partial charge >= 0.3 is 5.97 Å². The molecule has 1 saturated heterocycles. The van der Waals surface area contributed by atoms with Crippen molar-refractivity contribution in [2.24, 2.45) is 5.92 Å². The Balaban J connectivity index is 1.71. The minimum absolute atomic E-state index is 0.0255. The number of aliphatic carboxylic acids is 1. The van der Waals surface area contributed by atoms with Crippen molar-refractivity contribution in [2.45, 2.75) is 23.8 Å². The molecule has 8 nitrogen and oxygen atoms in total. The van der Waals surface area contributed by atoms with Crippen LogP contribution in [0.15, 0.2) is 29.2 Å². The van der Waals surface area contributed by atoms with E-state index in [1.54, 1.807) is 0 Å². The average Bonchev–Trinajstić information content (AvgIpc) is 3.45. The van der Waals surface area contributed by atoms with Gasteiger partial charge in [-0.1, -0.05) is 0 Å². The summed E-state index contributed by atoms with van der Waals surface area (Å²) < 4.78 is 31.6. The summed E-state index contributed by atoms with van der Waals surface area (Å²) in [6, 6.07) is 4.63. The van der Waals surface area contributed by atoms with Crippen LogP contribution in [0.25, 0.3) is 0 Å². The van der Waals surface area contributed by atoms with Crippen LogP contribution in [0.5, 0.6) is 0 Å². The lowest BCUT2D eigenvalue weighted by Gasteiger charge is -2.26. The summed E-state index contributed by atoms with van der Waals surface area (Å²) >= 11 is 0. The first-order chi connectivity index (χ1) is 11.9. The van der Waals surface area contributed by atoms with Crippen molar-refractivity contribution in [3.63, 3.8) is 0 Å². The molecule has 0 spiro atoms. The average molecular weight is 368 g/mol. The Bertz CT molecular complexity index is 751. The molecule has 136 valence electrons. The number of morpholine rings is 1. The molecule has 1 unspecified atom stereocenters. The van der Waals surface area contributed by atoms with Crippen LogP contribution < -0.4 is 5.32 Å². The lowest BCUT2D eigenvalue weighted by molar-refractivity contribution is -0.139. The summed E-state index contributed by atoms with van der Waals surface area (Å²) in [5.41, 5.74) is 0.229. The second-order valence-electron chi connectivity index (χ2n) is 6.17. The Kier molecular flexibility index (Phi) is 5.07. The van der Waals surface area contributed by atoms with Crippen molar-refractivity contribution in [1.29, 1.82) is 0 Å². The lowest BCUT2D eigenvalue weighted by Crippen LogP contribution is -2.42. The first-order valence-corrected chi connectivity index (χ1v) is 9.55. The third-order valence-corrected chi connectivity index (χ3v) is 6.28. The van der Waals surface area contributed by atoms with Crippen LogP contribution in [-0.2, 0) is 19.6 Å². The molecule has 1 aliphatic heterocycles. The van der Waals surface area contributed by atoms with E-state index in [9.17, 15) is 18.0 Å². The van der Waals surface area contributed by atoms with Crippen molar-refractivity contribution in [2.75, 3.05) is 26.3 Å². The molecule has 3 rings (SSSR count). The molecule has 2 aliphatic rings. The van der Waals surface area contributed by atoms with Gasteiger partial charge in [-0.2, -0.15) is 4.31 Å². The van der Waals surface area contributed by atoms with Crippen LogP contribution in [0.2, 0.25) is 0 Å². The summed E-state index contributed by atoms with van der Waals surface area (Å²) in [6.07, 6.45) is 1.57. The maximum atomic E-state index is 12.5. The Morgan fingerprint density at radius 2 is 1.76 bits per heavy atom. The van der Waals surface area contributed by atoms with Crippen molar-refractivity contribution in [3.05, 3.63) is 29.8 Å². The summed E-state index contributed by atoms with van der Waals surface area (Å²) in [5.74, 6) is -1.60. The minimum atomic E-state index is -3.62. The van der Waals surface area contributed by atoms with Gasteiger partial charge in [0.15, 0.2) is 0 Å². The van der Waals surface area contributed by atoms with Crippen LogP contribution in [0.3, 0.4) is 0 Å². The molecule has 0 aromatic heterocycles. The molecule has 1 aromatic carbocycles. The molecule has 9 heteroatoms. The lowest BCUT2D eigenvalue weighted by atomic mass is 10.1. The van der Waals surface area contributed by atoms with Crippen LogP contribution in [0, 0.1) is 5.92 Å². The summed E-state index contributed by atoms with van der Waals surface area (Å²) in [7, 11) is -3.62. The number of ether oxygens (including phenoxy) is 1. The maximum absolute atomic E-state index is 12.5. The summed E-state index contributed by atoms with van der Waals surface area (Å²) in [4.78, 5) is 23.5. The zero-order chi connectivity index (χ0) is 18.0. The van der Waals surface area contributed by atoms with E-state index >= 15 is 0 Å². The van der Waals surface area contributed by atoms with Crippen LogP contribution in [0.4, 0.5) is 0 Å². The highest BCUT2D eigenvalue weighted by atomic mass is 32.2. The number of nitrogens with one attached hydrogen (secondary N) is 1. The zero-order valence-corrected chi connectivity index (χ0v) is 14.4. The van der Waals surface area contributed by atoms with Crippen molar-refractivity contribution in [1.82, 2.24) is 9.62 Å². The Morgan fingerprint density at radius 1 is 1.16 bits per heavy atom. The predicted octanol–water partition coefficient (Wildman–Crippen LogP) is 0.301. The number of carbonyl (C=O) groups is 2. The molecule has 1 atom stereocenters. The van der Waals surface area contributed by atoms with E-state index in [2.05, 4.69) is 5.32 Å². The van der Waals surface area contributed by atoms with E-state index in [-0.39, 0.29) is 16.4 Å². The van der Waals surface area contributed by atoms with E-state index < -0.39 is 27.9 Å². The Hall–Kier alpha value is -1.97. The van der Waals surface area contributed by atoms with Gasteiger partial charge in [0, 0.05) is 18.7 Å². The van der Waals surface area contributed by atoms with E-state index in [0.717, 1.165) is 12.8 Å². The number of carboxylic acid groups (broad SMARTS) is 1. The van der Waals surface area contributed by atoms with Crippen LogP contribution in [-0.4, -0.2) is 62.1 Å². The maximum Gasteiger partial charge on any atom is 0.326 e. The quantitative estimate of drug-likeness (QED) is 0.747. The molecule has 1 amide bonds. The molecule has 1 heterocycles. The molecule has 0 bridgehead atoms. The number of benzene rings is 1. The van der Waals surface area contributed by atoms with Gasteiger partial charge in [-0.3, -0.25) is 4.79 Å². The smallest absolute Gasteiger partial charge is 0.326 e. The van der Waals surface area contributed by atoms with Gasteiger partial charge in [-0.15, -0.1) is 0 Å². The van der Waals surface area contributed by atoms with Gasteiger partial charge < -0.3 is 15.2 Å². The number of hydrogen-bond donors (Lipinski definition) is 2. The van der Waals surface area contributed by atoms with Crippen molar-refractivity contribution in [3.8, 4) is 0 Å². The minimum Gasteiger partial charge on any atom is -0.480 e. The molecule has 2 N–H and O–H groups in total. The largest absolute Gasteiger partial charge is 0.480 e. The van der Waals surface area contributed by atoms with Gasteiger partial charge in [-0.25, -0.2) is 13.2 Å². The molecule has 1 aliphatic carbocycles.